The average Bonchev–Trinajstić information content (AvgIpc) is 2.92. The Morgan fingerprint density at radius 1 is 1.19 bits per heavy atom. The highest BCUT2D eigenvalue weighted by Gasteiger charge is 2.13. The number of aryl methyl sites for hydroxylation is 2. The van der Waals surface area contributed by atoms with Gasteiger partial charge in [0.05, 0.1) is 21.8 Å². The maximum absolute atomic E-state index is 12.7. The summed E-state index contributed by atoms with van der Waals surface area (Å²) >= 11 is 13.9. The number of fused-ring (bicyclic) bond motifs is 1. The van der Waals surface area contributed by atoms with Gasteiger partial charge in [-0.3, -0.25) is 4.79 Å². The van der Waals surface area contributed by atoms with E-state index in [1.807, 2.05) is 36.6 Å². The Morgan fingerprint density at radius 3 is 2.65 bits per heavy atom. The number of amides is 1. The predicted molar refractivity (Wildman–Crippen MR) is 108 cm³/mol. The summed E-state index contributed by atoms with van der Waals surface area (Å²) in [5.41, 5.74) is 3.57. The number of benzene rings is 2. The number of nitrogens with zero attached hydrogens (tertiary/aromatic N) is 2. The topological polar surface area (TPSA) is 43.6 Å². The van der Waals surface area contributed by atoms with E-state index < -0.39 is 0 Å². The molecule has 136 valence electrons. The van der Waals surface area contributed by atoms with Gasteiger partial charge < -0.3 is 9.30 Å². The van der Waals surface area contributed by atoms with Crippen LogP contribution in [0.4, 0.5) is 0 Å². The van der Waals surface area contributed by atoms with Gasteiger partial charge in [-0.2, -0.15) is 4.99 Å². The fourth-order valence-corrected chi connectivity index (χ4v) is 4.47. The molecule has 0 saturated heterocycles. The lowest BCUT2D eigenvalue weighted by molar-refractivity contribution is 0.0997. The van der Waals surface area contributed by atoms with Gasteiger partial charge >= 0.3 is 0 Å². The molecule has 0 bridgehead atoms. The van der Waals surface area contributed by atoms with E-state index in [0.29, 0.717) is 33.6 Å². The minimum atomic E-state index is -0.284. The molecule has 26 heavy (non-hydrogen) atoms. The van der Waals surface area contributed by atoms with Crippen molar-refractivity contribution in [1.29, 1.82) is 0 Å². The molecule has 0 aliphatic carbocycles. The molecule has 7 heteroatoms. The van der Waals surface area contributed by atoms with Crippen LogP contribution in [0.3, 0.4) is 0 Å². The highest BCUT2D eigenvalue weighted by atomic mass is 35.5. The molecule has 1 amide bonds. The molecule has 1 heterocycles. The number of hydrogen-bond donors (Lipinski definition) is 0. The van der Waals surface area contributed by atoms with E-state index in [1.165, 1.54) is 11.3 Å². The van der Waals surface area contributed by atoms with Crippen molar-refractivity contribution in [3.63, 3.8) is 0 Å². The standard InChI is InChI=1S/C19H18Cl2N2O2S/c1-11-4-5-13(8-12(11)2)18(24)22-19-23(6-7-25-3)17-15(21)9-14(20)10-16(17)26-19/h4-5,8-10H,6-7H2,1-3H3. The average molecular weight is 409 g/mol. The number of aromatic nitrogens is 1. The van der Waals surface area contributed by atoms with Crippen molar-refractivity contribution in [3.8, 4) is 0 Å². The van der Waals surface area contributed by atoms with Crippen LogP contribution in [0.25, 0.3) is 10.2 Å². The van der Waals surface area contributed by atoms with Crippen LogP contribution in [0.5, 0.6) is 0 Å². The Labute approximate surface area is 165 Å². The SMILES string of the molecule is COCCn1c(=NC(=O)c2ccc(C)c(C)c2)sc2cc(Cl)cc(Cl)c21. The normalized spacial score (nSPS) is 12.1. The summed E-state index contributed by atoms with van der Waals surface area (Å²) in [6.45, 7) is 5.01. The highest BCUT2D eigenvalue weighted by molar-refractivity contribution is 7.16. The quantitative estimate of drug-likeness (QED) is 0.608. The van der Waals surface area contributed by atoms with Gasteiger partial charge in [0, 0.05) is 24.2 Å². The van der Waals surface area contributed by atoms with Crippen molar-refractivity contribution in [2.75, 3.05) is 13.7 Å². The zero-order valence-corrected chi connectivity index (χ0v) is 17.0. The third-order valence-electron chi connectivity index (χ3n) is 4.17. The molecule has 0 atom stereocenters. The summed E-state index contributed by atoms with van der Waals surface area (Å²) < 4.78 is 7.97. The largest absolute Gasteiger partial charge is 0.383 e. The summed E-state index contributed by atoms with van der Waals surface area (Å²) in [5.74, 6) is -0.284. The van der Waals surface area contributed by atoms with Gasteiger partial charge in [-0.1, -0.05) is 40.6 Å². The number of rotatable bonds is 4. The first-order valence-electron chi connectivity index (χ1n) is 8.04. The van der Waals surface area contributed by atoms with Crippen molar-refractivity contribution in [1.82, 2.24) is 4.57 Å². The predicted octanol–water partition coefficient (Wildman–Crippen LogP) is 5.01. The molecular weight excluding hydrogens is 391 g/mol. The molecule has 0 saturated carbocycles. The first kappa shape index (κ1) is 19.1. The van der Waals surface area contributed by atoms with E-state index in [9.17, 15) is 4.79 Å². The van der Waals surface area contributed by atoms with E-state index in [1.54, 1.807) is 19.2 Å². The van der Waals surface area contributed by atoms with Crippen LogP contribution in [0.2, 0.25) is 10.0 Å². The minimum Gasteiger partial charge on any atom is -0.383 e. The molecule has 3 aromatic rings. The monoisotopic (exact) mass is 408 g/mol. The lowest BCUT2D eigenvalue weighted by atomic mass is 10.1. The number of thiazole rings is 1. The van der Waals surface area contributed by atoms with Gasteiger partial charge in [-0.25, -0.2) is 0 Å². The zero-order valence-electron chi connectivity index (χ0n) is 14.7. The van der Waals surface area contributed by atoms with Gasteiger partial charge in [-0.15, -0.1) is 0 Å². The molecule has 2 aromatic carbocycles. The molecule has 0 unspecified atom stereocenters. The summed E-state index contributed by atoms with van der Waals surface area (Å²) in [4.78, 5) is 17.6. The lowest BCUT2D eigenvalue weighted by Crippen LogP contribution is -2.19. The van der Waals surface area contributed by atoms with Gasteiger partial charge in [0.15, 0.2) is 4.80 Å². The highest BCUT2D eigenvalue weighted by Crippen LogP contribution is 2.29. The molecule has 0 aliphatic rings. The molecule has 4 nitrogen and oxygen atoms in total. The molecule has 1 aromatic heterocycles. The number of carbonyl (C=O) groups is 1. The summed E-state index contributed by atoms with van der Waals surface area (Å²) in [6.07, 6.45) is 0. The van der Waals surface area contributed by atoms with Crippen LogP contribution in [0.1, 0.15) is 21.5 Å². The Bertz CT molecular complexity index is 1050. The molecule has 0 aliphatic heterocycles. The van der Waals surface area contributed by atoms with Crippen molar-refractivity contribution < 1.29 is 9.53 Å². The van der Waals surface area contributed by atoms with Crippen LogP contribution >= 0.6 is 34.5 Å². The molecular formula is C19H18Cl2N2O2S. The van der Waals surface area contributed by atoms with E-state index in [0.717, 1.165) is 21.3 Å². The third kappa shape index (κ3) is 3.86. The molecule has 0 spiro atoms. The third-order valence-corrected chi connectivity index (χ3v) is 5.70. The fraction of sp³-hybridized carbons (Fsp3) is 0.263. The van der Waals surface area contributed by atoms with Crippen molar-refractivity contribution in [2.24, 2.45) is 4.99 Å². The van der Waals surface area contributed by atoms with Gasteiger partial charge in [0.25, 0.3) is 5.91 Å². The summed E-state index contributed by atoms with van der Waals surface area (Å²) in [6, 6.07) is 9.11. The minimum absolute atomic E-state index is 0.284. The van der Waals surface area contributed by atoms with Crippen LogP contribution in [-0.4, -0.2) is 24.2 Å². The maximum atomic E-state index is 12.7. The maximum Gasteiger partial charge on any atom is 0.279 e. The van der Waals surface area contributed by atoms with Gasteiger partial charge in [0.2, 0.25) is 0 Å². The van der Waals surface area contributed by atoms with E-state index in [4.69, 9.17) is 27.9 Å². The van der Waals surface area contributed by atoms with E-state index >= 15 is 0 Å². The van der Waals surface area contributed by atoms with E-state index in [-0.39, 0.29) is 5.91 Å². The second-order valence-corrected chi connectivity index (χ2v) is 7.83. The second kappa shape index (κ2) is 7.92. The van der Waals surface area contributed by atoms with Crippen LogP contribution in [0, 0.1) is 13.8 Å². The zero-order chi connectivity index (χ0) is 18.8. The van der Waals surface area contributed by atoms with Crippen LogP contribution in [0.15, 0.2) is 35.3 Å². The Hall–Kier alpha value is -1.66. The molecule has 3 rings (SSSR count). The molecule has 0 fully saturated rings. The summed E-state index contributed by atoms with van der Waals surface area (Å²) in [7, 11) is 1.63. The van der Waals surface area contributed by atoms with E-state index in [2.05, 4.69) is 4.99 Å². The number of halogens is 2. The lowest BCUT2D eigenvalue weighted by Gasteiger charge is -2.06. The first-order valence-corrected chi connectivity index (χ1v) is 9.61. The fourth-order valence-electron chi connectivity index (χ4n) is 2.63. The molecule has 0 N–H and O–H groups in total. The Kier molecular flexibility index (Phi) is 5.82. The number of carbonyl (C=O) groups excluding carboxylic acids is 1. The van der Waals surface area contributed by atoms with Crippen LogP contribution in [-0.2, 0) is 11.3 Å². The van der Waals surface area contributed by atoms with Gasteiger partial charge in [-0.05, 0) is 49.2 Å². The van der Waals surface area contributed by atoms with Crippen molar-refractivity contribution in [2.45, 2.75) is 20.4 Å². The van der Waals surface area contributed by atoms with Crippen LogP contribution < -0.4 is 4.80 Å². The Morgan fingerprint density at radius 2 is 1.96 bits per heavy atom. The number of ether oxygens (including phenoxy) is 1. The second-order valence-electron chi connectivity index (χ2n) is 5.98. The van der Waals surface area contributed by atoms with Gasteiger partial charge in [0.1, 0.15) is 0 Å². The number of methoxy groups -OCH3 is 1. The smallest absolute Gasteiger partial charge is 0.279 e. The van der Waals surface area contributed by atoms with Crippen molar-refractivity contribution >= 4 is 50.7 Å². The Balaban J connectivity index is 2.15. The first-order chi connectivity index (χ1) is 12.4. The molecule has 0 radical (unpaired) electrons. The summed E-state index contributed by atoms with van der Waals surface area (Å²) in [5, 5.41) is 1.08. The number of hydrogen-bond acceptors (Lipinski definition) is 3. The van der Waals surface area contributed by atoms with Crippen molar-refractivity contribution in [3.05, 3.63) is 61.9 Å².